The van der Waals surface area contributed by atoms with Crippen LogP contribution in [0.2, 0.25) is 0 Å². The van der Waals surface area contributed by atoms with E-state index < -0.39 is 11.7 Å². The summed E-state index contributed by atoms with van der Waals surface area (Å²) in [5.41, 5.74) is 1.83. The lowest BCUT2D eigenvalue weighted by Gasteiger charge is -2.56. The molecule has 2 saturated heterocycles. The van der Waals surface area contributed by atoms with Gasteiger partial charge in [-0.1, -0.05) is 0 Å². The number of hydrogen-bond donors (Lipinski definition) is 2. The van der Waals surface area contributed by atoms with Crippen molar-refractivity contribution in [1.82, 2.24) is 24.7 Å². The summed E-state index contributed by atoms with van der Waals surface area (Å²) < 4.78 is 15.7. The smallest absolute Gasteiger partial charge is 0.275 e. The van der Waals surface area contributed by atoms with Crippen LogP contribution in [0.15, 0.2) is 30.9 Å². The molecule has 0 aromatic carbocycles. The molecule has 5 rings (SSSR count). The number of halogens is 1. The predicted molar refractivity (Wildman–Crippen MR) is 97.4 cm³/mol. The fraction of sp³-hybridized carbons (Fsp3) is 0.333. The van der Waals surface area contributed by atoms with E-state index in [2.05, 4.69) is 30.5 Å². The van der Waals surface area contributed by atoms with Gasteiger partial charge in [0.05, 0.1) is 23.8 Å². The van der Waals surface area contributed by atoms with Crippen molar-refractivity contribution in [3.05, 3.63) is 48.1 Å². The second-order valence-corrected chi connectivity index (χ2v) is 7.36. The molecule has 27 heavy (non-hydrogen) atoms. The van der Waals surface area contributed by atoms with Gasteiger partial charge >= 0.3 is 0 Å². The van der Waals surface area contributed by atoms with E-state index >= 15 is 0 Å². The van der Waals surface area contributed by atoms with Crippen molar-refractivity contribution in [2.45, 2.75) is 6.92 Å². The number of nitrogens with zero attached hydrogens (tertiary/aromatic N) is 5. The van der Waals surface area contributed by atoms with Crippen molar-refractivity contribution < 1.29 is 9.18 Å². The number of nitrogens with one attached hydrogen (secondary N) is 2. The van der Waals surface area contributed by atoms with E-state index in [4.69, 9.17) is 0 Å². The Hall–Kier alpha value is -3.07. The number of fused-ring (bicyclic) bond motifs is 1. The highest BCUT2D eigenvalue weighted by molar-refractivity contribution is 6.02. The summed E-state index contributed by atoms with van der Waals surface area (Å²) in [4.78, 5) is 27.2. The molecule has 8 nitrogen and oxygen atoms in total. The quantitative estimate of drug-likeness (QED) is 0.724. The number of anilines is 2. The monoisotopic (exact) mass is 367 g/mol. The number of aromatic nitrogens is 4. The van der Waals surface area contributed by atoms with E-state index in [-0.39, 0.29) is 11.3 Å². The fourth-order valence-electron chi connectivity index (χ4n) is 3.67. The van der Waals surface area contributed by atoms with Crippen LogP contribution >= 0.6 is 0 Å². The summed E-state index contributed by atoms with van der Waals surface area (Å²) in [6, 6.07) is 1.24. The van der Waals surface area contributed by atoms with E-state index in [9.17, 15) is 9.18 Å². The normalized spacial score (nSPS) is 17.6. The van der Waals surface area contributed by atoms with Crippen molar-refractivity contribution in [2.75, 3.05) is 36.4 Å². The molecule has 1 spiro atoms. The zero-order valence-corrected chi connectivity index (χ0v) is 14.7. The molecule has 2 fully saturated rings. The van der Waals surface area contributed by atoms with E-state index in [1.165, 1.54) is 12.3 Å². The van der Waals surface area contributed by atoms with Crippen LogP contribution in [0.3, 0.4) is 0 Å². The average molecular weight is 367 g/mol. The molecular formula is C18H18FN7O. The Morgan fingerprint density at radius 1 is 1.26 bits per heavy atom. The van der Waals surface area contributed by atoms with Crippen LogP contribution in [-0.4, -0.2) is 51.4 Å². The Bertz CT molecular complexity index is 1030. The summed E-state index contributed by atoms with van der Waals surface area (Å²) >= 11 is 0. The number of carbonyl (C=O) groups excluding carboxylic acids is 1. The Labute approximate surface area is 154 Å². The zero-order chi connectivity index (χ0) is 18.6. The predicted octanol–water partition coefficient (Wildman–Crippen LogP) is 1.23. The van der Waals surface area contributed by atoms with Crippen molar-refractivity contribution in [3.63, 3.8) is 0 Å². The van der Waals surface area contributed by atoms with Crippen molar-refractivity contribution in [1.29, 1.82) is 0 Å². The Kier molecular flexibility index (Phi) is 3.41. The van der Waals surface area contributed by atoms with Gasteiger partial charge in [-0.05, 0) is 6.92 Å². The third-order valence-electron chi connectivity index (χ3n) is 5.13. The summed E-state index contributed by atoms with van der Waals surface area (Å²) in [6.07, 6.45) is 6.37. The molecule has 0 aliphatic carbocycles. The number of carbonyl (C=O) groups is 1. The number of imidazole rings is 1. The second kappa shape index (κ2) is 5.71. The number of hydrogen-bond acceptors (Lipinski definition) is 6. The molecule has 138 valence electrons. The maximum Gasteiger partial charge on any atom is 0.275 e. The summed E-state index contributed by atoms with van der Waals surface area (Å²) in [6.45, 7) is 5.81. The molecule has 2 aliphatic heterocycles. The maximum absolute atomic E-state index is 14.1. The number of pyridine rings is 1. The first-order valence-corrected chi connectivity index (χ1v) is 8.75. The van der Waals surface area contributed by atoms with Crippen LogP contribution in [0.1, 0.15) is 16.2 Å². The third kappa shape index (κ3) is 2.71. The van der Waals surface area contributed by atoms with Gasteiger partial charge in [0.25, 0.3) is 5.91 Å². The van der Waals surface area contributed by atoms with Gasteiger partial charge in [-0.15, -0.1) is 0 Å². The van der Waals surface area contributed by atoms with Gasteiger partial charge in [0.15, 0.2) is 11.5 Å². The van der Waals surface area contributed by atoms with Crippen LogP contribution in [-0.2, 0) is 0 Å². The lowest BCUT2D eigenvalue weighted by atomic mass is 9.74. The standard InChI is InChI=1S/C18H18FN7O/c1-11-5-25-6-12(2-13(19)16(25)23-11)24-17(27)14-3-22-15(4-21-14)26-9-18(10-26)7-20-8-18/h2-6,20H,7-10H2,1H3,(H,24,27). The minimum atomic E-state index is -0.500. The molecule has 3 aromatic heterocycles. The first kappa shape index (κ1) is 16.1. The summed E-state index contributed by atoms with van der Waals surface area (Å²) in [7, 11) is 0. The number of rotatable bonds is 3. The largest absolute Gasteiger partial charge is 0.354 e. The van der Waals surface area contributed by atoms with Gasteiger partial charge in [0.2, 0.25) is 0 Å². The molecule has 0 bridgehead atoms. The molecule has 5 heterocycles. The van der Waals surface area contributed by atoms with Crippen LogP contribution in [0.4, 0.5) is 15.9 Å². The molecule has 0 radical (unpaired) electrons. The molecule has 2 N–H and O–H groups in total. The molecule has 9 heteroatoms. The van der Waals surface area contributed by atoms with Gasteiger partial charge < -0.3 is 19.9 Å². The van der Waals surface area contributed by atoms with Gasteiger partial charge in [0, 0.05) is 50.1 Å². The van der Waals surface area contributed by atoms with E-state index in [1.807, 2.05) is 0 Å². The topological polar surface area (TPSA) is 87.5 Å². The van der Waals surface area contributed by atoms with Crippen molar-refractivity contribution in [3.8, 4) is 0 Å². The number of aryl methyl sites for hydroxylation is 1. The van der Waals surface area contributed by atoms with Crippen LogP contribution < -0.4 is 15.5 Å². The van der Waals surface area contributed by atoms with E-state index in [1.54, 1.807) is 29.9 Å². The SMILES string of the molecule is Cc1cn2cc(NC(=O)c3cnc(N4CC5(CNC5)C4)cn3)cc(F)c2n1. The first-order valence-electron chi connectivity index (χ1n) is 8.75. The minimum Gasteiger partial charge on any atom is -0.354 e. The van der Waals surface area contributed by atoms with Crippen LogP contribution in [0.25, 0.3) is 5.65 Å². The van der Waals surface area contributed by atoms with Gasteiger partial charge in [0.1, 0.15) is 11.5 Å². The molecule has 2 aliphatic rings. The Balaban J connectivity index is 1.29. The van der Waals surface area contributed by atoms with Gasteiger partial charge in [-0.25, -0.2) is 19.3 Å². The molecular weight excluding hydrogens is 349 g/mol. The second-order valence-electron chi connectivity index (χ2n) is 7.36. The fourth-order valence-corrected chi connectivity index (χ4v) is 3.67. The highest BCUT2D eigenvalue weighted by atomic mass is 19.1. The van der Waals surface area contributed by atoms with Crippen LogP contribution in [0.5, 0.6) is 0 Å². The van der Waals surface area contributed by atoms with Gasteiger partial charge in [-0.2, -0.15) is 0 Å². The molecule has 0 unspecified atom stereocenters. The third-order valence-corrected chi connectivity index (χ3v) is 5.13. The van der Waals surface area contributed by atoms with Crippen molar-refractivity contribution >= 4 is 23.1 Å². The van der Waals surface area contributed by atoms with Gasteiger partial charge in [-0.3, -0.25) is 4.79 Å². The highest BCUT2D eigenvalue weighted by Crippen LogP contribution is 2.36. The van der Waals surface area contributed by atoms with E-state index in [0.717, 1.165) is 32.0 Å². The lowest BCUT2D eigenvalue weighted by molar-refractivity contribution is 0.102. The first-order chi connectivity index (χ1) is 13.0. The number of amides is 1. The minimum absolute atomic E-state index is 0.182. The molecule has 0 saturated carbocycles. The zero-order valence-electron chi connectivity index (χ0n) is 14.7. The molecule has 0 atom stereocenters. The summed E-state index contributed by atoms with van der Waals surface area (Å²) in [5.74, 6) is -0.169. The molecule has 1 amide bonds. The summed E-state index contributed by atoms with van der Waals surface area (Å²) in [5, 5.41) is 5.95. The van der Waals surface area contributed by atoms with Crippen LogP contribution in [0, 0.1) is 18.2 Å². The van der Waals surface area contributed by atoms with Crippen molar-refractivity contribution in [2.24, 2.45) is 5.41 Å². The van der Waals surface area contributed by atoms with E-state index in [0.29, 0.717) is 16.8 Å². The molecule has 3 aromatic rings. The highest BCUT2D eigenvalue weighted by Gasteiger charge is 2.48. The Morgan fingerprint density at radius 3 is 2.74 bits per heavy atom. The lowest BCUT2D eigenvalue weighted by Crippen LogP contribution is -2.71. The Morgan fingerprint density at radius 2 is 2.07 bits per heavy atom. The maximum atomic E-state index is 14.1. The average Bonchev–Trinajstić information content (AvgIpc) is 2.94.